The molecule has 0 bridgehead atoms. The molecule has 0 radical (unpaired) electrons. The third kappa shape index (κ3) is 3.89. The van der Waals surface area contributed by atoms with E-state index in [1.54, 1.807) is 12.1 Å². The van der Waals surface area contributed by atoms with Gasteiger partial charge in [0.25, 0.3) is 0 Å². The second kappa shape index (κ2) is 6.64. The minimum Gasteiger partial charge on any atom is -0.387 e. The number of hydrogen-bond donors (Lipinski definition) is 2. The smallest absolute Gasteiger partial charge is 0.0962 e. The van der Waals surface area contributed by atoms with Crippen molar-refractivity contribution < 1.29 is 5.11 Å². The van der Waals surface area contributed by atoms with Gasteiger partial charge in [-0.3, -0.25) is 0 Å². The number of halogens is 1. The SMILES string of the molecule is CN(C)c1cccc(NCC(O)c2ccc(Cl)cc2)c1. The van der Waals surface area contributed by atoms with Crippen LogP contribution in [0.4, 0.5) is 11.4 Å². The molecule has 0 aliphatic heterocycles. The third-order valence-electron chi connectivity index (χ3n) is 3.12. The van der Waals surface area contributed by atoms with Gasteiger partial charge in [-0.1, -0.05) is 29.8 Å². The van der Waals surface area contributed by atoms with E-state index >= 15 is 0 Å². The van der Waals surface area contributed by atoms with Gasteiger partial charge in [-0.05, 0) is 35.9 Å². The molecule has 4 heteroatoms. The molecule has 0 fully saturated rings. The molecule has 1 unspecified atom stereocenters. The summed E-state index contributed by atoms with van der Waals surface area (Å²) in [4.78, 5) is 2.04. The molecule has 2 rings (SSSR count). The Bertz CT molecular complexity index is 555. The predicted molar refractivity (Wildman–Crippen MR) is 85.7 cm³/mol. The average molecular weight is 291 g/mol. The van der Waals surface area contributed by atoms with E-state index < -0.39 is 6.10 Å². The van der Waals surface area contributed by atoms with Gasteiger partial charge in [0.15, 0.2) is 0 Å². The van der Waals surface area contributed by atoms with Crippen molar-refractivity contribution in [1.82, 2.24) is 0 Å². The third-order valence-corrected chi connectivity index (χ3v) is 3.37. The molecule has 0 heterocycles. The second-order valence-electron chi connectivity index (χ2n) is 4.89. The summed E-state index contributed by atoms with van der Waals surface area (Å²) in [6.45, 7) is 0.457. The standard InChI is InChI=1S/C16H19ClN2O/c1-19(2)15-5-3-4-14(10-15)18-11-16(20)12-6-8-13(17)9-7-12/h3-10,16,18,20H,11H2,1-2H3. The van der Waals surface area contributed by atoms with Gasteiger partial charge in [-0.15, -0.1) is 0 Å². The largest absolute Gasteiger partial charge is 0.387 e. The summed E-state index contributed by atoms with van der Waals surface area (Å²) >= 11 is 5.83. The first-order chi connectivity index (χ1) is 9.56. The Hall–Kier alpha value is -1.71. The predicted octanol–water partition coefficient (Wildman–Crippen LogP) is 3.55. The van der Waals surface area contributed by atoms with Crippen molar-refractivity contribution in [1.29, 1.82) is 0 Å². The lowest BCUT2D eigenvalue weighted by atomic mass is 10.1. The topological polar surface area (TPSA) is 35.5 Å². The molecule has 2 N–H and O–H groups in total. The summed E-state index contributed by atoms with van der Waals surface area (Å²) in [6.07, 6.45) is -0.560. The molecule has 2 aromatic rings. The fraction of sp³-hybridized carbons (Fsp3) is 0.250. The van der Waals surface area contributed by atoms with Gasteiger partial charge in [0.05, 0.1) is 6.10 Å². The number of rotatable bonds is 5. The second-order valence-corrected chi connectivity index (χ2v) is 5.33. The zero-order valence-electron chi connectivity index (χ0n) is 11.7. The highest BCUT2D eigenvalue weighted by atomic mass is 35.5. The van der Waals surface area contributed by atoms with Crippen LogP contribution in [0.5, 0.6) is 0 Å². The number of benzene rings is 2. The molecule has 0 spiro atoms. The van der Waals surface area contributed by atoms with Crippen molar-refractivity contribution in [3.63, 3.8) is 0 Å². The Morgan fingerprint density at radius 1 is 1.15 bits per heavy atom. The molecule has 20 heavy (non-hydrogen) atoms. The van der Waals surface area contributed by atoms with Crippen LogP contribution in [0.2, 0.25) is 5.02 Å². The number of aliphatic hydroxyl groups is 1. The fourth-order valence-electron chi connectivity index (χ4n) is 1.91. The number of aliphatic hydroxyl groups excluding tert-OH is 1. The zero-order chi connectivity index (χ0) is 14.5. The van der Waals surface area contributed by atoms with E-state index in [4.69, 9.17) is 11.6 Å². The van der Waals surface area contributed by atoms with E-state index in [2.05, 4.69) is 11.4 Å². The summed E-state index contributed by atoms with van der Waals surface area (Å²) < 4.78 is 0. The Morgan fingerprint density at radius 2 is 1.85 bits per heavy atom. The molecule has 0 aliphatic rings. The highest BCUT2D eigenvalue weighted by Gasteiger charge is 2.07. The van der Waals surface area contributed by atoms with Crippen molar-refractivity contribution in [2.24, 2.45) is 0 Å². The molecule has 0 amide bonds. The van der Waals surface area contributed by atoms with E-state index in [9.17, 15) is 5.11 Å². The number of anilines is 2. The maximum Gasteiger partial charge on any atom is 0.0962 e. The van der Waals surface area contributed by atoms with E-state index in [0.717, 1.165) is 16.9 Å². The quantitative estimate of drug-likeness (QED) is 0.884. The van der Waals surface area contributed by atoms with E-state index in [1.807, 2.05) is 49.3 Å². The summed E-state index contributed by atoms with van der Waals surface area (Å²) in [7, 11) is 4.00. The summed E-state index contributed by atoms with van der Waals surface area (Å²) in [5.74, 6) is 0. The first kappa shape index (κ1) is 14.7. The number of nitrogens with one attached hydrogen (secondary N) is 1. The maximum atomic E-state index is 10.1. The van der Waals surface area contributed by atoms with E-state index in [-0.39, 0.29) is 0 Å². The summed E-state index contributed by atoms with van der Waals surface area (Å²) in [5.41, 5.74) is 2.96. The van der Waals surface area contributed by atoms with Gasteiger partial charge in [0.1, 0.15) is 0 Å². The van der Waals surface area contributed by atoms with Crippen LogP contribution in [-0.4, -0.2) is 25.7 Å². The molecule has 106 valence electrons. The number of hydrogen-bond acceptors (Lipinski definition) is 3. The summed E-state index contributed by atoms with van der Waals surface area (Å²) in [5, 5.41) is 14.1. The zero-order valence-corrected chi connectivity index (χ0v) is 12.4. The van der Waals surface area contributed by atoms with Crippen LogP contribution in [0.3, 0.4) is 0 Å². The first-order valence-electron chi connectivity index (χ1n) is 6.51. The van der Waals surface area contributed by atoms with Crippen LogP contribution >= 0.6 is 11.6 Å². The maximum absolute atomic E-state index is 10.1. The van der Waals surface area contributed by atoms with Crippen LogP contribution in [0, 0.1) is 0 Å². The summed E-state index contributed by atoms with van der Waals surface area (Å²) in [6, 6.07) is 15.3. The van der Waals surface area contributed by atoms with Gasteiger partial charge in [0, 0.05) is 37.0 Å². The van der Waals surface area contributed by atoms with Gasteiger partial charge < -0.3 is 15.3 Å². The van der Waals surface area contributed by atoms with Gasteiger partial charge in [-0.2, -0.15) is 0 Å². The van der Waals surface area contributed by atoms with Gasteiger partial charge in [0.2, 0.25) is 0 Å². The highest BCUT2D eigenvalue weighted by Crippen LogP contribution is 2.20. The van der Waals surface area contributed by atoms with Crippen molar-refractivity contribution in [2.75, 3.05) is 30.9 Å². The van der Waals surface area contributed by atoms with Crippen LogP contribution in [0.15, 0.2) is 48.5 Å². The van der Waals surface area contributed by atoms with Crippen LogP contribution in [0.1, 0.15) is 11.7 Å². The average Bonchev–Trinajstić information content (AvgIpc) is 2.46. The fourth-order valence-corrected chi connectivity index (χ4v) is 2.04. The molecule has 2 aromatic carbocycles. The van der Waals surface area contributed by atoms with Gasteiger partial charge >= 0.3 is 0 Å². The lowest BCUT2D eigenvalue weighted by molar-refractivity contribution is 0.191. The monoisotopic (exact) mass is 290 g/mol. The molecule has 0 aromatic heterocycles. The Kier molecular flexibility index (Phi) is 4.88. The molecule has 1 atom stereocenters. The lowest BCUT2D eigenvalue weighted by Gasteiger charge is -2.16. The molecule has 0 saturated heterocycles. The number of nitrogens with zero attached hydrogens (tertiary/aromatic N) is 1. The minimum absolute atomic E-state index is 0.457. The molecule has 0 saturated carbocycles. The van der Waals surface area contributed by atoms with Gasteiger partial charge in [-0.25, -0.2) is 0 Å². The Morgan fingerprint density at radius 3 is 2.50 bits per heavy atom. The van der Waals surface area contributed by atoms with Crippen LogP contribution in [0.25, 0.3) is 0 Å². The van der Waals surface area contributed by atoms with Crippen molar-refractivity contribution >= 4 is 23.0 Å². The van der Waals surface area contributed by atoms with E-state index in [1.165, 1.54) is 0 Å². The Balaban J connectivity index is 1.97. The molecule has 0 aliphatic carbocycles. The van der Waals surface area contributed by atoms with Crippen molar-refractivity contribution in [2.45, 2.75) is 6.10 Å². The lowest BCUT2D eigenvalue weighted by Crippen LogP contribution is -2.13. The normalized spacial score (nSPS) is 12.0. The van der Waals surface area contributed by atoms with Crippen LogP contribution in [-0.2, 0) is 0 Å². The molecular formula is C16H19ClN2O. The highest BCUT2D eigenvalue weighted by molar-refractivity contribution is 6.30. The van der Waals surface area contributed by atoms with Crippen molar-refractivity contribution in [3.05, 3.63) is 59.1 Å². The molecule has 3 nitrogen and oxygen atoms in total. The minimum atomic E-state index is -0.560. The van der Waals surface area contributed by atoms with Crippen molar-refractivity contribution in [3.8, 4) is 0 Å². The van der Waals surface area contributed by atoms with Crippen LogP contribution < -0.4 is 10.2 Å². The van der Waals surface area contributed by atoms with E-state index in [0.29, 0.717) is 11.6 Å². The molecular weight excluding hydrogens is 272 g/mol. The Labute approximate surface area is 124 Å². The first-order valence-corrected chi connectivity index (χ1v) is 6.89.